The van der Waals surface area contributed by atoms with E-state index in [2.05, 4.69) is 37.6 Å². The summed E-state index contributed by atoms with van der Waals surface area (Å²) in [4.78, 5) is 35.3. The lowest BCUT2D eigenvalue weighted by atomic mass is 10.0. The first kappa shape index (κ1) is 37.4. The highest BCUT2D eigenvalue weighted by atomic mass is 16.5. The second kappa shape index (κ2) is 28.5. The van der Waals surface area contributed by atoms with Gasteiger partial charge in [-0.25, -0.2) is 4.98 Å². The third kappa shape index (κ3) is 23.0. The van der Waals surface area contributed by atoms with Gasteiger partial charge in [0.2, 0.25) is 16.7 Å². The molecular weight excluding hydrogens is 538 g/mol. The molecule has 0 aliphatic carbocycles. The minimum absolute atomic E-state index is 0.101. The number of ether oxygens (including phenoxy) is 3. The fourth-order valence-electron chi connectivity index (χ4n) is 4.46. The Morgan fingerprint density at radius 1 is 0.881 bits per heavy atom. The number of carbonyl (C=O) groups is 2. The van der Waals surface area contributed by atoms with Crippen LogP contribution in [0.15, 0.2) is 17.6 Å². The molecule has 0 radical (unpaired) electrons. The Morgan fingerprint density at radius 2 is 1.45 bits per heavy atom. The van der Waals surface area contributed by atoms with Crippen LogP contribution >= 0.6 is 0 Å². The summed E-state index contributed by atoms with van der Waals surface area (Å²) < 4.78 is 16.2. The molecule has 4 N–H and O–H groups in total. The van der Waals surface area contributed by atoms with Gasteiger partial charge in [0.15, 0.2) is 0 Å². The summed E-state index contributed by atoms with van der Waals surface area (Å²) in [5, 5.41) is 9.24. The van der Waals surface area contributed by atoms with Crippen LogP contribution in [-0.4, -0.2) is 80.6 Å². The highest BCUT2D eigenvalue weighted by Crippen LogP contribution is 2.13. The maximum Gasteiger partial charge on any atom is 0.243 e. The van der Waals surface area contributed by atoms with E-state index in [1.807, 2.05) is 0 Å². The number of aromatic amines is 1. The van der Waals surface area contributed by atoms with E-state index < -0.39 is 6.04 Å². The van der Waals surface area contributed by atoms with Gasteiger partial charge in [0.05, 0.1) is 46.0 Å². The third-order valence-electron chi connectivity index (χ3n) is 6.83. The molecule has 12 heteroatoms. The van der Waals surface area contributed by atoms with Gasteiger partial charge < -0.3 is 29.8 Å². The van der Waals surface area contributed by atoms with Gasteiger partial charge in [-0.3, -0.25) is 9.59 Å². The topological polar surface area (TPSA) is 165 Å². The predicted octanol–water partition coefficient (Wildman–Crippen LogP) is 4.63. The second-order valence-electron chi connectivity index (χ2n) is 10.5. The van der Waals surface area contributed by atoms with Crippen LogP contribution in [0.25, 0.3) is 0 Å². The molecule has 0 saturated carbocycles. The van der Waals surface area contributed by atoms with Crippen molar-refractivity contribution in [3.05, 3.63) is 18.2 Å². The Balaban J connectivity index is 2.12. The average molecular weight is 595 g/mol. The first-order valence-electron chi connectivity index (χ1n) is 16.0. The highest BCUT2D eigenvalue weighted by molar-refractivity contribution is 5.87. The van der Waals surface area contributed by atoms with Crippen LogP contribution < -0.4 is 15.5 Å². The van der Waals surface area contributed by atoms with Crippen molar-refractivity contribution in [3.63, 3.8) is 0 Å². The van der Waals surface area contributed by atoms with Gasteiger partial charge in [0.25, 0.3) is 0 Å². The number of hydrogen-bond donors (Lipinski definition) is 4. The van der Waals surface area contributed by atoms with Crippen LogP contribution in [0.5, 0.6) is 0 Å². The first-order valence-corrected chi connectivity index (χ1v) is 16.0. The summed E-state index contributed by atoms with van der Waals surface area (Å²) in [5.41, 5.74) is 7.33. The van der Waals surface area contributed by atoms with E-state index in [1.54, 1.807) is 12.5 Å². The van der Waals surface area contributed by atoms with Crippen molar-refractivity contribution < 1.29 is 23.8 Å². The molecule has 42 heavy (non-hydrogen) atoms. The average Bonchev–Trinajstić information content (AvgIpc) is 3.50. The molecule has 0 saturated heterocycles. The lowest BCUT2D eigenvalue weighted by Crippen LogP contribution is -2.48. The van der Waals surface area contributed by atoms with Crippen LogP contribution in [-0.2, 0) is 30.2 Å². The maximum atomic E-state index is 12.8. The number of aromatic nitrogens is 2. The molecule has 12 nitrogen and oxygen atoms in total. The molecule has 0 spiro atoms. The van der Waals surface area contributed by atoms with Gasteiger partial charge in [-0.1, -0.05) is 84.0 Å². The van der Waals surface area contributed by atoms with Gasteiger partial charge in [0.1, 0.15) is 23.2 Å². The van der Waals surface area contributed by atoms with Crippen molar-refractivity contribution in [1.29, 1.82) is 5.53 Å². The number of nitrogens with zero attached hydrogens (tertiary/aromatic N) is 3. The third-order valence-corrected chi connectivity index (χ3v) is 6.83. The van der Waals surface area contributed by atoms with Crippen molar-refractivity contribution in [2.24, 2.45) is 5.11 Å². The molecule has 0 aliphatic heterocycles. The standard InChI is InChI=1S/C30H55N7O5/c1-2-3-4-5-6-7-8-9-10-11-12-13-14-15-29(38)36-28(24-27-25-32-26-34-27)30(39)33-16-18-40-20-22-42-23-21-41-19-17-35-37-31/h25-26,28,31H,2-24H2,1H3,(H2-,32,33,34,36,38,39)/p+1/t28-/m0/s1. The summed E-state index contributed by atoms with van der Waals surface area (Å²) in [5.74, 6) is -0.346. The van der Waals surface area contributed by atoms with Crippen LogP contribution in [0, 0.1) is 5.53 Å². The van der Waals surface area contributed by atoms with Crippen molar-refractivity contribution >= 4 is 11.8 Å². The molecule has 1 heterocycles. The molecule has 0 aliphatic rings. The van der Waals surface area contributed by atoms with Crippen LogP contribution in [0.4, 0.5) is 0 Å². The molecule has 1 aromatic heterocycles. The van der Waals surface area contributed by atoms with Gasteiger partial charge in [0, 0.05) is 31.3 Å². The van der Waals surface area contributed by atoms with E-state index in [9.17, 15) is 9.59 Å². The number of nitrogens with one attached hydrogen (secondary N) is 4. The first-order chi connectivity index (χ1) is 20.7. The van der Waals surface area contributed by atoms with Crippen molar-refractivity contribution in [2.75, 3.05) is 52.7 Å². The van der Waals surface area contributed by atoms with Crippen molar-refractivity contribution in [2.45, 2.75) is 109 Å². The Hall–Kier alpha value is -2.66. The SMILES string of the molecule is CCCCCCCCCCCCCCCC(=O)N[C@@H](Cc1cnc[nH]1)C(=O)NCCOCCOCCOCCN=[N+]=N. The van der Waals surface area contributed by atoms with E-state index in [1.165, 1.54) is 64.2 Å². The van der Waals surface area contributed by atoms with E-state index in [4.69, 9.17) is 19.7 Å². The van der Waals surface area contributed by atoms with E-state index in [-0.39, 0.29) is 11.8 Å². The molecule has 0 bridgehead atoms. The fraction of sp³-hybridized carbons (Fsp3) is 0.833. The number of rotatable bonds is 30. The number of imidazole rings is 1. The number of unbranched alkanes of at least 4 members (excludes halogenated alkanes) is 12. The Morgan fingerprint density at radius 3 is 2.02 bits per heavy atom. The lowest BCUT2D eigenvalue weighted by molar-refractivity contribution is -0.129. The largest absolute Gasteiger partial charge is 0.377 e. The van der Waals surface area contributed by atoms with E-state index in [0.29, 0.717) is 65.6 Å². The Kier molecular flexibility index (Phi) is 25.3. The van der Waals surface area contributed by atoms with Crippen LogP contribution in [0.3, 0.4) is 0 Å². The smallest absolute Gasteiger partial charge is 0.243 e. The van der Waals surface area contributed by atoms with Gasteiger partial charge in [-0.05, 0) is 6.42 Å². The molecule has 1 rings (SSSR count). The summed E-state index contributed by atoms with van der Waals surface area (Å²) >= 11 is 0. The maximum absolute atomic E-state index is 12.8. The molecule has 0 aromatic carbocycles. The number of carbonyl (C=O) groups excluding carboxylic acids is 2. The van der Waals surface area contributed by atoms with Crippen LogP contribution in [0.1, 0.15) is 103 Å². The number of amides is 2. The minimum atomic E-state index is -0.675. The van der Waals surface area contributed by atoms with Crippen LogP contribution in [0.2, 0.25) is 0 Å². The molecule has 1 atom stereocenters. The predicted molar refractivity (Wildman–Crippen MR) is 162 cm³/mol. The quantitative estimate of drug-likeness (QED) is 0.0576. The van der Waals surface area contributed by atoms with E-state index in [0.717, 1.165) is 25.0 Å². The number of hydrogen-bond acceptors (Lipinski definition) is 8. The summed E-state index contributed by atoms with van der Waals surface area (Å²) in [6.45, 7) is 5.39. The number of H-pyrrole nitrogens is 1. The molecule has 0 fully saturated rings. The van der Waals surface area contributed by atoms with Gasteiger partial charge >= 0.3 is 0 Å². The normalized spacial score (nSPS) is 11.6. The highest BCUT2D eigenvalue weighted by Gasteiger charge is 2.21. The zero-order valence-electron chi connectivity index (χ0n) is 25.9. The zero-order chi connectivity index (χ0) is 30.4. The minimum Gasteiger partial charge on any atom is -0.377 e. The lowest BCUT2D eigenvalue weighted by Gasteiger charge is -2.18. The zero-order valence-corrected chi connectivity index (χ0v) is 25.9. The fourth-order valence-corrected chi connectivity index (χ4v) is 4.46. The summed E-state index contributed by atoms with van der Waals surface area (Å²) in [6, 6.07) is -0.675. The van der Waals surface area contributed by atoms with Crippen molar-refractivity contribution in [1.82, 2.24) is 25.5 Å². The van der Waals surface area contributed by atoms with Crippen molar-refractivity contribution in [3.8, 4) is 0 Å². The summed E-state index contributed by atoms with van der Waals surface area (Å²) in [6.07, 6.45) is 20.4. The molecular formula is C30H56N7O5+. The van der Waals surface area contributed by atoms with Gasteiger partial charge in [-0.2, -0.15) is 0 Å². The molecule has 240 valence electrons. The molecule has 0 unspecified atom stereocenters. The van der Waals surface area contributed by atoms with Gasteiger partial charge in [-0.15, -0.1) is 0 Å². The Bertz CT molecular complexity index is 819. The Labute approximate surface area is 252 Å². The second-order valence-corrected chi connectivity index (χ2v) is 10.5. The molecule has 1 aromatic rings. The summed E-state index contributed by atoms with van der Waals surface area (Å²) in [7, 11) is 0. The van der Waals surface area contributed by atoms with E-state index >= 15 is 0 Å². The molecule has 2 amide bonds. The monoisotopic (exact) mass is 594 g/mol.